The van der Waals surface area contributed by atoms with E-state index in [2.05, 4.69) is 24.1 Å². The van der Waals surface area contributed by atoms with Crippen LogP contribution in [0.5, 0.6) is 0 Å². The fourth-order valence-corrected chi connectivity index (χ4v) is 3.15. The van der Waals surface area contributed by atoms with Crippen LogP contribution < -0.4 is 5.32 Å². The number of aromatic nitrogens is 1. The first kappa shape index (κ1) is 16.6. The lowest BCUT2D eigenvalue weighted by Crippen LogP contribution is -2.19. The average molecular weight is 341 g/mol. The fraction of sp³-hybridized carbons (Fsp3) is 0.312. The van der Waals surface area contributed by atoms with E-state index in [-0.39, 0.29) is 0 Å². The van der Waals surface area contributed by atoms with E-state index >= 15 is 0 Å². The largest absolute Gasteiger partial charge is 0.312 e. The van der Waals surface area contributed by atoms with Crippen LogP contribution in [0.25, 0.3) is 0 Å². The van der Waals surface area contributed by atoms with Gasteiger partial charge in [0.2, 0.25) is 0 Å². The molecule has 0 saturated carbocycles. The first-order chi connectivity index (χ1) is 10.1. The van der Waals surface area contributed by atoms with Gasteiger partial charge in [-0.25, -0.2) is 4.98 Å². The second-order valence-electron chi connectivity index (χ2n) is 5.17. The Morgan fingerprint density at radius 3 is 2.76 bits per heavy atom. The average Bonchev–Trinajstić information content (AvgIpc) is 2.43. The minimum absolute atomic E-state index is 0.616. The molecule has 1 heterocycles. The van der Waals surface area contributed by atoms with Gasteiger partial charge < -0.3 is 5.32 Å². The molecule has 0 aliphatic carbocycles. The summed E-state index contributed by atoms with van der Waals surface area (Å²) in [6.45, 7) is 6.13. The van der Waals surface area contributed by atoms with Crippen LogP contribution in [0, 0.1) is 5.92 Å². The van der Waals surface area contributed by atoms with Gasteiger partial charge >= 0.3 is 0 Å². The molecule has 2 aromatic rings. The fourth-order valence-electron chi connectivity index (χ4n) is 1.83. The van der Waals surface area contributed by atoms with Crippen LogP contribution in [0.1, 0.15) is 19.4 Å². The van der Waals surface area contributed by atoms with Crippen molar-refractivity contribution in [3.05, 3.63) is 52.1 Å². The van der Waals surface area contributed by atoms with Crippen molar-refractivity contribution in [2.75, 3.05) is 6.54 Å². The third kappa shape index (κ3) is 5.19. The van der Waals surface area contributed by atoms with Crippen molar-refractivity contribution >= 4 is 35.0 Å². The molecule has 0 atom stereocenters. The summed E-state index contributed by atoms with van der Waals surface area (Å²) < 4.78 is 0. The minimum atomic E-state index is 0.616. The molecule has 0 aliphatic heterocycles. The van der Waals surface area contributed by atoms with Crippen molar-refractivity contribution in [2.24, 2.45) is 5.92 Å². The van der Waals surface area contributed by atoms with E-state index < -0.39 is 0 Å². The number of nitrogens with one attached hydrogen (secondary N) is 1. The van der Waals surface area contributed by atoms with Crippen LogP contribution in [-0.2, 0) is 6.54 Å². The predicted octanol–water partition coefficient (Wildman–Crippen LogP) is 5.29. The lowest BCUT2D eigenvalue weighted by molar-refractivity contribution is 0.550. The van der Waals surface area contributed by atoms with Gasteiger partial charge in [0, 0.05) is 22.7 Å². The summed E-state index contributed by atoms with van der Waals surface area (Å²) in [6.07, 6.45) is 1.75. The molecule has 2 nitrogen and oxygen atoms in total. The molecule has 0 amide bonds. The number of benzene rings is 1. The lowest BCUT2D eigenvalue weighted by Gasteiger charge is -2.12. The number of halogens is 2. The number of rotatable bonds is 6. The SMILES string of the molecule is CC(C)CNCc1cc(Cl)ccc1Sc1ncccc1Cl. The molecule has 1 aromatic carbocycles. The highest BCUT2D eigenvalue weighted by molar-refractivity contribution is 7.99. The molecule has 0 spiro atoms. The van der Waals surface area contributed by atoms with Crippen molar-refractivity contribution in [3.8, 4) is 0 Å². The molecule has 0 fully saturated rings. The van der Waals surface area contributed by atoms with E-state index in [9.17, 15) is 0 Å². The smallest absolute Gasteiger partial charge is 0.119 e. The molecule has 0 saturated heterocycles. The van der Waals surface area contributed by atoms with E-state index in [4.69, 9.17) is 23.2 Å². The van der Waals surface area contributed by atoms with E-state index in [1.54, 1.807) is 18.0 Å². The first-order valence-electron chi connectivity index (χ1n) is 6.84. The maximum absolute atomic E-state index is 6.18. The van der Waals surface area contributed by atoms with Crippen molar-refractivity contribution in [3.63, 3.8) is 0 Å². The Hall–Kier alpha value is -0.740. The van der Waals surface area contributed by atoms with Crippen molar-refractivity contribution < 1.29 is 0 Å². The van der Waals surface area contributed by atoms with Crippen LogP contribution in [0.4, 0.5) is 0 Å². The minimum Gasteiger partial charge on any atom is -0.312 e. The highest BCUT2D eigenvalue weighted by Gasteiger charge is 2.09. The molecule has 0 aliphatic rings. The summed E-state index contributed by atoms with van der Waals surface area (Å²) in [5.41, 5.74) is 1.16. The maximum Gasteiger partial charge on any atom is 0.119 e. The molecule has 0 unspecified atom stereocenters. The van der Waals surface area contributed by atoms with Crippen LogP contribution in [0.2, 0.25) is 10.0 Å². The van der Waals surface area contributed by atoms with E-state index in [0.29, 0.717) is 10.9 Å². The van der Waals surface area contributed by atoms with Gasteiger partial charge in [-0.3, -0.25) is 0 Å². The van der Waals surface area contributed by atoms with E-state index in [1.807, 2.05) is 30.3 Å². The van der Waals surface area contributed by atoms with Gasteiger partial charge in [0.25, 0.3) is 0 Å². The lowest BCUT2D eigenvalue weighted by atomic mass is 10.2. The van der Waals surface area contributed by atoms with Crippen molar-refractivity contribution in [1.82, 2.24) is 10.3 Å². The monoisotopic (exact) mass is 340 g/mol. The Labute approximate surface area is 140 Å². The Kier molecular flexibility index (Phi) is 6.37. The summed E-state index contributed by atoms with van der Waals surface area (Å²) in [7, 11) is 0. The Balaban J connectivity index is 2.16. The van der Waals surface area contributed by atoms with Gasteiger partial charge in [-0.2, -0.15) is 0 Å². The van der Waals surface area contributed by atoms with E-state index in [0.717, 1.165) is 33.6 Å². The summed E-state index contributed by atoms with van der Waals surface area (Å²) in [5.74, 6) is 0.616. The second kappa shape index (κ2) is 8.04. The number of pyridine rings is 1. The van der Waals surface area contributed by atoms with Gasteiger partial charge in [-0.15, -0.1) is 0 Å². The van der Waals surface area contributed by atoms with Gasteiger partial charge in [0.1, 0.15) is 5.03 Å². The Bertz CT molecular complexity index is 603. The standard InChI is InChI=1S/C16H18Cl2N2S/c1-11(2)9-19-10-12-8-13(17)5-6-15(12)21-16-14(18)4-3-7-20-16/h3-8,11,19H,9-10H2,1-2H3. The number of hydrogen-bond donors (Lipinski definition) is 1. The molecule has 21 heavy (non-hydrogen) atoms. The molecule has 1 N–H and O–H groups in total. The summed E-state index contributed by atoms with van der Waals surface area (Å²) in [4.78, 5) is 5.44. The zero-order chi connectivity index (χ0) is 15.2. The topological polar surface area (TPSA) is 24.9 Å². The third-order valence-electron chi connectivity index (χ3n) is 2.82. The van der Waals surface area contributed by atoms with Crippen LogP contribution in [0.3, 0.4) is 0 Å². The quantitative estimate of drug-likeness (QED) is 0.773. The van der Waals surface area contributed by atoms with Gasteiger partial charge in [-0.05, 0) is 48.4 Å². The van der Waals surface area contributed by atoms with Crippen LogP contribution in [-0.4, -0.2) is 11.5 Å². The first-order valence-corrected chi connectivity index (χ1v) is 8.41. The maximum atomic E-state index is 6.18. The molecule has 112 valence electrons. The molecule has 0 radical (unpaired) electrons. The molecule has 5 heteroatoms. The summed E-state index contributed by atoms with van der Waals surface area (Å²) >= 11 is 13.9. The molecule has 2 rings (SSSR count). The summed E-state index contributed by atoms with van der Waals surface area (Å²) in [6, 6.07) is 9.59. The zero-order valence-electron chi connectivity index (χ0n) is 12.1. The van der Waals surface area contributed by atoms with Crippen LogP contribution in [0.15, 0.2) is 46.5 Å². The second-order valence-corrected chi connectivity index (χ2v) is 7.04. The predicted molar refractivity (Wildman–Crippen MR) is 91.4 cm³/mol. The van der Waals surface area contributed by atoms with Crippen LogP contribution >= 0.6 is 35.0 Å². The highest BCUT2D eigenvalue weighted by atomic mass is 35.5. The normalized spacial score (nSPS) is 11.1. The molecule has 0 bridgehead atoms. The van der Waals surface area contributed by atoms with Gasteiger partial charge in [-0.1, -0.05) is 48.8 Å². The molecular formula is C16H18Cl2N2S. The van der Waals surface area contributed by atoms with Crippen molar-refractivity contribution in [2.45, 2.75) is 30.3 Å². The van der Waals surface area contributed by atoms with Gasteiger partial charge in [0.15, 0.2) is 0 Å². The van der Waals surface area contributed by atoms with Crippen molar-refractivity contribution in [1.29, 1.82) is 0 Å². The van der Waals surface area contributed by atoms with Gasteiger partial charge in [0.05, 0.1) is 5.02 Å². The third-order valence-corrected chi connectivity index (χ3v) is 4.61. The number of nitrogens with zero attached hydrogens (tertiary/aromatic N) is 1. The molecule has 1 aromatic heterocycles. The highest BCUT2D eigenvalue weighted by Crippen LogP contribution is 2.34. The Morgan fingerprint density at radius 2 is 2.05 bits per heavy atom. The molecular weight excluding hydrogens is 323 g/mol. The number of hydrogen-bond acceptors (Lipinski definition) is 3. The Morgan fingerprint density at radius 1 is 1.24 bits per heavy atom. The summed E-state index contributed by atoms with van der Waals surface area (Å²) in [5, 5.41) is 5.66. The zero-order valence-corrected chi connectivity index (χ0v) is 14.4. The van der Waals surface area contributed by atoms with E-state index in [1.165, 1.54) is 0 Å².